The number of thiophene rings is 1. The van der Waals surface area contributed by atoms with Gasteiger partial charge in [-0.3, -0.25) is 4.90 Å². The lowest BCUT2D eigenvalue weighted by molar-refractivity contribution is 0.0231. The monoisotopic (exact) mass is 609 g/mol. The van der Waals surface area contributed by atoms with E-state index in [2.05, 4.69) is 32.2 Å². The summed E-state index contributed by atoms with van der Waals surface area (Å²) in [6.07, 6.45) is 5.30. The highest BCUT2D eigenvalue weighted by atomic mass is 35.5. The van der Waals surface area contributed by atoms with E-state index in [1.54, 1.807) is 0 Å². The maximum atomic E-state index is 10.5. The molecule has 2 bridgehead atoms. The van der Waals surface area contributed by atoms with Crippen molar-refractivity contribution in [2.24, 2.45) is 5.41 Å². The molecule has 4 saturated heterocycles. The second kappa shape index (κ2) is 11.3. The van der Waals surface area contributed by atoms with E-state index in [0.29, 0.717) is 69.9 Å². The highest BCUT2D eigenvalue weighted by molar-refractivity contribution is 7.20. The lowest BCUT2D eigenvalue weighted by Crippen LogP contribution is -2.51. The van der Waals surface area contributed by atoms with Crippen molar-refractivity contribution >= 4 is 39.6 Å². The average Bonchev–Trinajstić information content (AvgIpc) is 3.29. The van der Waals surface area contributed by atoms with Gasteiger partial charge >= 0.3 is 6.01 Å². The number of morpholine rings is 1. The zero-order valence-corrected chi connectivity index (χ0v) is 25.2. The molecule has 5 aliphatic rings. The first-order chi connectivity index (χ1) is 20.4. The number of piperazine rings is 1. The maximum Gasteiger partial charge on any atom is 0.320 e. The van der Waals surface area contributed by atoms with Gasteiger partial charge in [0.05, 0.1) is 29.7 Å². The second-order valence-electron chi connectivity index (χ2n) is 12.4. The summed E-state index contributed by atoms with van der Waals surface area (Å²) in [5.41, 5.74) is 7.97. The van der Waals surface area contributed by atoms with Crippen molar-refractivity contribution in [3.63, 3.8) is 0 Å². The van der Waals surface area contributed by atoms with Crippen molar-refractivity contribution in [1.29, 1.82) is 10.5 Å². The van der Waals surface area contributed by atoms with Gasteiger partial charge in [-0.25, -0.2) is 0 Å². The molecule has 1 saturated carbocycles. The number of nitrogens with zero attached hydrogens (tertiary/aromatic N) is 7. The first-order valence-corrected chi connectivity index (χ1v) is 16.1. The number of nitrogens with two attached hydrogens (primary N) is 1. The molecule has 2 aromatic heterocycles. The zero-order chi connectivity index (χ0) is 28.8. The minimum atomic E-state index is 0.0216. The minimum Gasteiger partial charge on any atom is -0.463 e. The number of nitrogen functional groups attached to an aromatic ring is 1. The van der Waals surface area contributed by atoms with E-state index in [1.807, 2.05) is 0 Å². The van der Waals surface area contributed by atoms with E-state index >= 15 is 0 Å². The third-order valence-corrected chi connectivity index (χ3v) is 10.8. The van der Waals surface area contributed by atoms with Crippen LogP contribution in [-0.4, -0.2) is 92.6 Å². The number of halogens is 1. The van der Waals surface area contributed by atoms with Crippen LogP contribution >= 0.6 is 22.9 Å². The van der Waals surface area contributed by atoms with E-state index in [9.17, 15) is 10.5 Å². The number of ether oxygens (including phenoxy) is 2. The molecule has 13 heteroatoms. The predicted octanol–water partition coefficient (Wildman–Crippen LogP) is 2.94. The van der Waals surface area contributed by atoms with E-state index < -0.39 is 0 Å². The highest BCUT2D eigenvalue weighted by Gasteiger charge is 2.45. The van der Waals surface area contributed by atoms with Crippen molar-refractivity contribution < 1.29 is 9.47 Å². The molecular formula is C29H36ClN9O2S. The molecular weight excluding hydrogens is 574 g/mol. The summed E-state index contributed by atoms with van der Waals surface area (Å²) in [7, 11) is 0. The van der Waals surface area contributed by atoms with Crippen LogP contribution in [-0.2, 0) is 4.74 Å². The minimum absolute atomic E-state index is 0.0216. The highest BCUT2D eigenvalue weighted by Crippen LogP contribution is 2.47. The molecule has 222 valence electrons. The molecule has 0 amide bonds. The van der Waals surface area contributed by atoms with Crippen molar-refractivity contribution in [1.82, 2.24) is 20.2 Å². The summed E-state index contributed by atoms with van der Waals surface area (Å²) >= 11 is 7.80. The maximum absolute atomic E-state index is 10.5. The molecule has 2 aromatic rings. The van der Waals surface area contributed by atoms with E-state index in [1.165, 1.54) is 11.3 Å². The van der Waals surface area contributed by atoms with Crippen LogP contribution in [0.3, 0.4) is 0 Å². The Kier molecular flexibility index (Phi) is 7.53. The van der Waals surface area contributed by atoms with E-state index in [-0.39, 0.29) is 11.3 Å². The molecule has 0 aromatic carbocycles. The molecule has 0 spiro atoms. The molecule has 42 heavy (non-hydrogen) atoms. The van der Waals surface area contributed by atoms with Gasteiger partial charge in [-0.15, -0.1) is 11.3 Å². The largest absolute Gasteiger partial charge is 0.463 e. The Balaban J connectivity index is 1.17. The fourth-order valence-corrected chi connectivity index (χ4v) is 8.42. The molecule has 3 N–H and O–H groups in total. The lowest BCUT2D eigenvalue weighted by atomic mass is 9.97. The number of fused-ring (bicyclic) bond motifs is 2. The lowest BCUT2D eigenvalue weighted by Gasteiger charge is -2.35. The number of aromatic nitrogens is 2. The number of nitrogens with one attached hydrogen (secondary N) is 1. The normalized spacial score (nSPS) is 26.7. The van der Waals surface area contributed by atoms with Gasteiger partial charge in [0.25, 0.3) is 0 Å². The van der Waals surface area contributed by atoms with Crippen LogP contribution in [0.4, 0.5) is 16.6 Å². The molecule has 2 unspecified atom stereocenters. The third-order valence-electron chi connectivity index (χ3n) is 9.54. The summed E-state index contributed by atoms with van der Waals surface area (Å²) in [5.74, 6) is 1.28. The Bertz CT molecular complexity index is 1420. The van der Waals surface area contributed by atoms with Gasteiger partial charge in [0.15, 0.2) is 11.6 Å². The van der Waals surface area contributed by atoms with Gasteiger partial charge in [-0.1, -0.05) is 11.6 Å². The number of hydrogen-bond donors (Lipinski definition) is 2. The summed E-state index contributed by atoms with van der Waals surface area (Å²) in [6.45, 7) is 7.90. The van der Waals surface area contributed by atoms with Gasteiger partial charge in [-0.2, -0.15) is 20.5 Å². The van der Waals surface area contributed by atoms with Gasteiger partial charge in [0.2, 0.25) is 0 Å². The molecule has 11 nitrogen and oxygen atoms in total. The van der Waals surface area contributed by atoms with Gasteiger partial charge < -0.3 is 30.3 Å². The second-order valence-corrected chi connectivity index (χ2v) is 14.1. The van der Waals surface area contributed by atoms with Crippen LogP contribution in [0, 0.1) is 28.1 Å². The quantitative estimate of drug-likeness (QED) is 0.456. The summed E-state index contributed by atoms with van der Waals surface area (Å²) in [5, 5.41) is 24.3. The topological polar surface area (TPSA) is 140 Å². The standard InChI is InChI=1S/C29H36ClN9O2S/c30-24-23(21(11-31)25(33)42-24)18-3-6-38(13-18)26-22(12-32)27(39-14-19-1-2-20(15-39)34-19)36-28(35-26)41-17-29(4-5-29)16-37-7-9-40-10-8-37/h18-20,34H,1-10,13-17,33H2/t18?,19-,20?/m0/s1. The molecule has 3 atom stereocenters. The van der Waals surface area contributed by atoms with Gasteiger partial charge in [0, 0.05) is 74.8 Å². The third kappa shape index (κ3) is 5.36. The van der Waals surface area contributed by atoms with Crippen molar-refractivity contribution in [2.75, 3.05) is 81.2 Å². The predicted molar refractivity (Wildman–Crippen MR) is 161 cm³/mol. The number of rotatable bonds is 8. The van der Waals surface area contributed by atoms with Crippen molar-refractivity contribution in [2.45, 2.75) is 50.1 Å². The summed E-state index contributed by atoms with van der Waals surface area (Å²) in [4.78, 5) is 16.6. The first kappa shape index (κ1) is 27.9. The zero-order valence-electron chi connectivity index (χ0n) is 23.6. The molecule has 1 aliphatic carbocycles. The van der Waals surface area contributed by atoms with Crippen LogP contribution < -0.4 is 25.6 Å². The van der Waals surface area contributed by atoms with Crippen molar-refractivity contribution in [3.8, 4) is 18.1 Å². The molecule has 5 fully saturated rings. The number of anilines is 3. The Morgan fingerprint density at radius 2 is 1.69 bits per heavy atom. The molecule has 7 rings (SSSR count). The molecule has 0 radical (unpaired) electrons. The van der Waals surface area contributed by atoms with E-state index in [0.717, 1.165) is 83.6 Å². The fourth-order valence-electron chi connectivity index (χ4n) is 7.09. The summed E-state index contributed by atoms with van der Waals surface area (Å²) < 4.78 is 12.5. The van der Waals surface area contributed by atoms with Crippen LogP contribution in [0.2, 0.25) is 4.34 Å². The Labute approximate surface area is 255 Å². The molecule has 4 aliphatic heterocycles. The fraction of sp³-hybridized carbons (Fsp3) is 0.655. The van der Waals surface area contributed by atoms with Crippen molar-refractivity contribution in [3.05, 3.63) is 21.0 Å². The van der Waals surface area contributed by atoms with Gasteiger partial charge in [-0.05, 0) is 32.1 Å². The smallest absolute Gasteiger partial charge is 0.320 e. The van der Waals surface area contributed by atoms with Crippen LogP contribution in [0.15, 0.2) is 0 Å². The number of hydrogen-bond acceptors (Lipinski definition) is 12. The number of nitriles is 2. The molecule has 6 heterocycles. The Morgan fingerprint density at radius 3 is 2.36 bits per heavy atom. The van der Waals surface area contributed by atoms with Crippen LogP contribution in [0.25, 0.3) is 0 Å². The summed E-state index contributed by atoms with van der Waals surface area (Å²) in [6, 6.07) is 5.81. The van der Waals surface area contributed by atoms with Crippen LogP contribution in [0.1, 0.15) is 54.7 Å². The first-order valence-electron chi connectivity index (χ1n) is 14.9. The van der Waals surface area contributed by atoms with E-state index in [4.69, 9.17) is 36.8 Å². The Morgan fingerprint density at radius 1 is 1.00 bits per heavy atom. The Hall–Kier alpha value is -2.87. The van der Waals surface area contributed by atoms with Gasteiger partial charge in [0.1, 0.15) is 22.7 Å². The average molecular weight is 610 g/mol. The SMILES string of the molecule is N#Cc1c(N2CCC(c3c(Cl)sc(N)c3C#N)C2)nc(OCC2(CN3CCOCC3)CC2)nc1N1CC2CC[C@@H](C1)N2. The van der Waals surface area contributed by atoms with Crippen LogP contribution in [0.5, 0.6) is 6.01 Å².